The Morgan fingerprint density at radius 2 is 1.85 bits per heavy atom. The Labute approximate surface area is 136 Å². The van der Waals surface area contributed by atoms with Gasteiger partial charge in [0.1, 0.15) is 6.10 Å². The fourth-order valence-electron chi connectivity index (χ4n) is 2.14. The van der Waals surface area contributed by atoms with E-state index >= 15 is 0 Å². The van der Waals surface area contributed by atoms with Crippen LogP contribution < -0.4 is 5.69 Å². The zero-order valence-corrected chi connectivity index (χ0v) is 13.9. The van der Waals surface area contributed by atoms with Crippen molar-refractivity contribution in [1.82, 2.24) is 9.97 Å². The summed E-state index contributed by atoms with van der Waals surface area (Å²) in [7, 11) is 0. The van der Waals surface area contributed by atoms with Crippen molar-refractivity contribution in [2.45, 2.75) is 6.10 Å². The molecular formula is C14H10BrIN2O2. The van der Waals surface area contributed by atoms with Crippen LogP contribution in [0.5, 0.6) is 0 Å². The van der Waals surface area contributed by atoms with E-state index in [0.717, 1.165) is 19.2 Å². The van der Waals surface area contributed by atoms with Crippen LogP contribution >= 0.6 is 38.5 Å². The molecule has 1 aromatic heterocycles. The molecule has 1 atom stereocenters. The molecule has 0 amide bonds. The van der Waals surface area contributed by atoms with E-state index in [9.17, 15) is 9.90 Å². The van der Waals surface area contributed by atoms with Crippen LogP contribution in [0, 0.1) is 3.57 Å². The van der Waals surface area contributed by atoms with Gasteiger partial charge >= 0.3 is 5.69 Å². The summed E-state index contributed by atoms with van der Waals surface area (Å²) in [5.74, 6) is 0. The molecule has 3 N–H and O–H groups in total. The lowest BCUT2D eigenvalue weighted by Gasteiger charge is -2.14. The summed E-state index contributed by atoms with van der Waals surface area (Å²) in [5, 5.41) is 10.5. The van der Waals surface area contributed by atoms with Crippen molar-refractivity contribution >= 4 is 49.6 Å². The van der Waals surface area contributed by atoms with Gasteiger partial charge in [0, 0.05) is 13.6 Å². The highest BCUT2D eigenvalue weighted by atomic mass is 127. The Hall–Kier alpha value is -1.12. The van der Waals surface area contributed by atoms with Gasteiger partial charge in [-0.05, 0) is 52.4 Å². The van der Waals surface area contributed by atoms with Crippen molar-refractivity contribution in [3.63, 3.8) is 0 Å². The van der Waals surface area contributed by atoms with Crippen LogP contribution in [0.15, 0.2) is 45.7 Å². The molecule has 0 spiro atoms. The van der Waals surface area contributed by atoms with Crippen LogP contribution in [0.4, 0.5) is 0 Å². The molecule has 1 heterocycles. The number of H-pyrrole nitrogens is 2. The first kappa shape index (κ1) is 13.8. The van der Waals surface area contributed by atoms with Crippen molar-refractivity contribution in [1.29, 1.82) is 0 Å². The summed E-state index contributed by atoms with van der Waals surface area (Å²) in [4.78, 5) is 16.7. The fraction of sp³-hybridized carbons (Fsp3) is 0.0714. The zero-order valence-electron chi connectivity index (χ0n) is 10.2. The number of aromatic nitrogens is 2. The fourth-order valence-corrected chi connectivity index (χ4v) is 3.27. The summed E-state index contributed by atoms with van der Waals surface area (Å²) in [6.07, 6.45) is -0.748. The average molecular weight is 445 g/mol. The van der Waals surface area contributed by atoms with Crippen molar-refractivity contribution in [3.8, 4) is 0 Å². The molecule has 4 nitrogen and oxygen atoms in total. The van der Waals surface area contributed by atoms with Crippen LogP contribution in [-0.4, -0.2) is 15.1 Å². The van der Waals surface area contributed by atoms with Gasteiger partial charge in [-0.3, -0.25) is 0 Å². The summed E-state index contributed by atoms with van der Waals surface area (Å²) in [5.41, 5.74) is 2.66. The lowest BCUT2D eigenvalue weighted by Crippen LogP contribution is -2.01. The summed E-state index contributed by atoms with van der Waals surface area (Å²) < 4.78 is 1.82. The van der Waals surface area contributed by atoms with Crippen molar-refractivity contribution in [3.05, 3.63) is 66.1 Å². The number of halogens is 2. The van der Waals surface area contributed by atoms with E-state index in [1.54, 1.807) is 12.1 Å². The number of aliphatic hydroxyl groups excluding tert-OH is 1. The highest BCUT2D eigenvalue weighted by Gasteiger charge is 2.15. The Bertz CT molecular complexity index is 841. The molecule has 3 aromatic rings. The molecule has 0 aliphatic heterocycles. The van der Waals surface area contributed by atoms with Gasteiger partial charge in [-0.15, -0.1) is 0 Å². The predicted octanol–water partition coefficient (Wildman–Crippen LogP) is 3.31. The van der Waals surface area contributed by atoms with E-state index in [1.165, 1.54) is 0 Å². The van der Waals surface area contributed by atoms with Crippen LogP contribution in [0.3, 0.4) is 0 Å². The third kappa shape index (κ3) is 2.55. The number of imidazole rings is 1. The quantitative estimate of drug-likeness (QED) is 0.531. The lowest BCUT2D eigenvalue weighted by atomic mass is 10.0. The lowest BCUT2D eigenvalue weighted by molar-refractivity contribution is 0.219. The third-order valence-electron chi connectivity index (χ3n) is 3.09. The first-order chi connectivity index (χ1) is 9.54. The minimum absolute atomic E-state index is 0.257. The number of hydrogen-bond acceptors (Lipinski definition) is 2. The standard InChI is InChI=1S/C14H10BrIN2O2/c15-10-6-12-11(17-14(20)18-12)5-9(10)13(19)7-2-1-3-8(16)4-7/h1-6,13,19H,(H2,17,18,20). The number of fused-ring (bicyclic) bond motifs is 1. The molecule has 0 radical (unpaired) electrons. The van der Waals surface area contributed by atoms with Crippen molar-refractivity contribution < 1.29 is 5.11 Å². The van der Waals surface area contributed by atoms with Crippen LogP contribution in [-0.2, 0) is 0 Å². The molecule has 0 aliphatic rings. The van der Waals surface area contributed by atoms with E-state index < -0.39 is 6.10 Å². The maximum Gasteiger partial charge on any atom is 0.323 e. The summed E-state index contributed by atoms with van der Waals surface area (Å²) in [6.45, 7) is 0. The second-order valence-electron chi connectivity index (χ2n) is 4.46. The van der Waals surface area contributed by atoms with Gasteiger partial charge in [-0.2, -0.15) is 0 Å². The minimum Gasteiger partial charge on any atom is -0.384 e. The molecule has 0 fully saturated rings. The summed E-state index contributed by atoms with van der Waals surface area (Å²) >= 11 is 5.65. The SMILES string of the molecule is O=c1[nH]c2cc(Br)c(C(O)c3cccc(I)c3)cc2[nH]1. The minimum atomic E-state index is -0.748. The number of aromatic amines is 2. The van der Waals surface area contributed by atoms with E-state index in [1.807, 2.05) is 24.3 Å². The normalized spacial score (nSPS) is 12.8. The number of rotatable bonds is 2. The van der Waals surface area contributed by atoms with Gasteiger partial charge in [0.05, 0.1) is 11.0 Å². The van der Waals surface area contributed by atoms with Gasteiger partial charge in [0.2, 0.25) is 0 Å². The second-order valence-corrected chi connectivity index (χ2v) is 6.56. The smallest absolute Gasteiger partial charge is 0.323 e. The first-order valence-corrected chi connectivity index (χ1v) is 7.77. The molecule has 1 unspecified atom stereocenters. The molecule has 0 bridgehead atoms. The molecule has 0 saturated heterocycles. The van der Waals surface area contributed by atoms with Crippen molar-refractivity contribution in [2.24, 2.45) is 0 Å². The van der Waals surface area contributed by atoms with E-state index in [0.29, 0.717) is 11.0 Å². The molecule has 2 aromatic carbocycles. The van der Waals surface area contributed by atoms with Gasteiger partial charge in [-0.25, -0.2) is 4.79 Å². The van der Waals surface area contributed by atoms with E-state index in [-0.39, 0.29) is 5.69 Å². The first-order valence-electron chi connectivity index (χ1n) is 5.89. The maximum absolute atomic E-state index is 11.3. The third-order valence-corrected chi connectivity index (χ3v) is 4.45. The van der Waals surface area contributed by atoms with Crippen molar-refractivity contribution in [2.75, 3.05) is 0 Å². The summed E-state index contributed by atoms with van der Waals surface area (Å²) in [6, 6.07) is 11.3. The molecule has 3 rings (SSSR count). The average Bonchev–Trinajstić information content (AvgIpc) is 2.76. The Balaban J connectivity index is 2.13. The van der Waals surface area contributed by atoms with Crippen LogP contribution in [0.2, 0.25) is 0 Å². The van der Waals surface area contributed by atoms with E-state index in [2.05, 4.69) is 48.5 Å². The predicted molar refractivity (Wildman–Crippen MR) is 89.8 cm³/mol. The van der Waals surface area contributed by atoms with Gasteiger partial charge < -0.3 is 15.1 Å². The Morgan fingerprint density at radius 1 is 1.15 bits per heavy atom. The van der Waals surface area contributed by atoms with Gasteiger partial charge in [-0.1, -0.05) is 28.1 Å². The highest BCUT2D eigenvalue weighted by molar-refractivity contribution is 14.1. The van der Waals surface area contributed by atoms with E-state index in [4.69, 9.17) is 0 Å². The highest BCUT2D eigenvalue weighted by Crippen LogP contribution is 2.31. The molecule has 20 heavy (non-hydrogen) atoms. The van der Waals surface area contributed by atoms with Crippen LogP contribution in [0.1, 0.15) is 17.2 Å². The maximum atomic E-state index is 11.3. The molecule has 102 valence electrons. The molecule has 6 heteroatoms. The largest absolute Gasteiger partial charge is 0.384 e. The Morgan fingerprint density at radius 3 is 2.55 bits per heavy atom. The van der Waals surface area contributed by atoms with Gasteiger partial charge in [0.15, 0.2) is 0 Å². The molecule has 0 saturated carbocycles. The number of benzene rings is 2. The molecule has 0 aliphatic carbocycles. The number of hydrogen-bond donors (Lipinski definition) is 3. The monoisotopic (exact) mass is 444 g/mol. The second kappa shape index (κ2) is 5.34. The van der Waals surface area contributed by atoms with Crippen LogP contribution in [0.25, 0.3) is 11.0 Å². The number of nitrogens with one attached hydrogen (secondary N) is 2. The zero-order chi connectivity index (χ0) is 14.3. The molecular weight excluding hydrogens is 435 g/mol. The topological polar surface area (TPSA) is 68.9 Å². The number of aliphatic hydroxyl groups is 1. The van der Waals surface area contributed by atoms with Gasteiger partial charge in [0.25, 0.3) is 0 Å². The Kier molecular flexibility index (Phi) is 3.70.